The number of hydrogen-bond acceptors (Lipinski definition) is 2. The normalized spacial score (nSPS) is 20.1. The third-order valence-corrected chi connectivity index (χ3v) is 6.72. The van der Waals surface area contributed by atoms with Gasteiger partial charge in [-0.15, -0.1) is 0 Å². The van der Waals surface area contributed by atoms with Crippen LogP contribution in [0.3, 0.4) is 0 Å². The monoisotopic (exact) mass is 453 g/mol. The molecule has 2 atom stereocenters. The van der Waals surface area contributed by atoms with E-state index in [1.54, 1.807) is 12.1 Å². The second-order valence-electron chi connectivity index (χ2n) is 9.00. The summed E-state index contributed by atoms with van der Waals surface area (Å²) in [5, 5.41) is 2.86. The quantitative estimate of drug-likeness (QED) is 0.533. The first-order valence-electron chi connectivity index (χ1n) is 11.9. The molecule has 5 rings (SSSR count). The Labute approximate surface area is 200 Å². The number of nitrogens with one attached hydrogen (secondary N) is 1. The number of carbonyl (C=O) groups excluding carboxylic acids is 1. The van der Waals surface area contributed by atoms with E-state index in [1.807, 2.05) is 35.2 Å². The minimum Gasteiger partial charge on any atom is -0.323 e. The number of amides is 2. The zero-order chi connectivity index (χ0) is 23.3. The van der Waals surface area contributed by atoms with Gasteiger partial charge < -0.3 is 10.2 Å². The Morgan fingerprint density at radius 3 is 2.35 bits per heavy atom. The highest BCUT2D eigenvalue weighted by atomic mass is 19.1. The molecule has 4 nitrogen and oxygen atoms in total. The Bertz CT molecular complexity index is 1200. The van der Waals surface area contributed by atoms with Gasteiger partial charge in [0.05, 0.1) is 0 Å². The van der Waals surface area contributed by atoms with Crippen LogP contribution in [-0.2, 0) is 0 Å². The van der Waals surface area contributed by atoms with Crippen molar-refractivity contribution < 1.29 is 9.18 Å². The summed E-state index contributed by atoms with van der Waals surface area (Å²) >= 11 is 0. The van der Waals surface area contributed by atoms with Crippen molar-refractivity contribution in [3.05, 3.63) is 101 Å². The number of hydrogen-bond donors (Lipinski definition) is 1. The lowest BCUT2D eigenvalue weighted by atomic mass is 9.81. The fraction of sp³-hybridized carbons (Fsp3) is 0.276. The van der Waals surface area contributed by atoms with Crippen molar-refractivity contribution in [2.45, 2.75) is 24.8 Å². The van der Waals surface area contributed by atoms with Crippen LogP contribution in [0.4, 0.5) is 14.9 Å². The third-order valence-electron chi connectivity index (χ3n) is 6.72. The first-order valence-corrected chi connectivity index (χ1v) is 11.9. The molecule has 1 N–H and O–H groups in total. The predicted octanol–water partition coefficient (Wildman–Crippen LogP) is 5.32. The molecule has 3 aromatic rings. The molecular formula is C29H28FN3O. The predicted molar refractivity (Wildman–Crippen MR) is 133 cm³/mol. The third kappa shape index (κ3) is 5.13. The maximum atomic E-state index is 13.5. The van der Waals surface area contributed by atoms with Gasteiger partial charge in [0.2, 0.25) is 0 Å². The van der Waals surface area contributed by atoms with Gasteiger partial charge >= 0.3 is 6.03 Å². The van der Waals surface area contributed by atoms with E-state index in [4.69, 9.17) is 0 Å². The van der Waals surface area contributed by atoms with E-state index in [0.717, 1.165) is 37.1 Å². The summed E-state index contributed by atoms with van der Waals surface area (Å²) < 4.78 is 13.5. The summed E-state index contributed by atoms with van der Waals surface area (Å²) in [6.45, 7) is 3.47. The molecule has 2 saturated heterocycles. The number of nitrogens with zero attached hydrogens (tertiary/aromatic N) is 2. The van der Waals surface area contributed by atoms with Gasteiger partial charge in [-0.2, -0.15) is 0 Å². The molecule has 3 aromatic carbocycles. The number of urea groups is 1. The number of carbonyl (C=O) groups is 1. The second kappa shape index (κ2) is 10.1. The smallest absolute Gasteiger partial charge is 0.321 e. The van der Waals surface area contributed by atoms with Gasteiger partial charge in [0.25, 0.3) is 0 Å². The summed E-state index contributed by atoms with van der Waals surface area (Å²) in [5.74, 6) is 6.48. The van der Waals surface area contributed by atoms with E-state index in [1.165, 1.54) is 17.7 Å². The van der Waals surface area contributed by atoms with Crippen LogP contribution in [0.1, 0.15) is 35.4 Å². The molecule has 0 aliphatic carbocycles. The summed E-state index contributed by atoms with van der Waals surface area (Å²) in [6.07, 6.45) is 2.04. The van der Waals surface area contributed by atoms with Crippen LogP contribution >= 0.6 is 0 Å². The van der Waals surface area contributed by atoms with Crippen molar-refractivity contribution in [1.29, 1.82) is 0 Å². The number of benzene rings is 3. The van der Waals surface area contributed by atoms with Gasteiger partial charge in [0.15, 0.2) is 0 Å². The number of halogens is 1. The number of rotatable bonds is 2. The first kappa shape index (κ1) is 22.2. The lowest BCUT2D eigenvalue weighted by Gasteiger charge is -2.51. The summed E-state index contributed by atoms with van der Waals surface area (Å²) in [5.41, 5.74) is 3.78. The van der Waals surface area contributed by atoms with Crippen molar-refractivity contribution >= 4 is 11.7 Å². The molecule has 0 saturated carbocycles. The van der Waals surface area contributed by atoms with E-state index in [-0.39, 0.29) is 11.8 Å². The zero-order valence-corrected chi connectivity index (χ0v) is 19.1. The van der Waals surface area contributed by atoms with Gasteiger partial charge in [-0.1, -0.05) is 48.2 Å². The van der Waals surface area contributed by atoms with Crippen LogP contribution in [-0.4, -0.2) is 48.1 Å². The van der Waals surface area contributed by atoms with Crippen molar-refractivity contribution in [1.82, 2.24) is 9.80 Å². The minimum absolute atomic E-state index is 0.162. The standard InChI is InChI=1S/C29H28FN3O/c30-25-9-6-10-26(19-25)31-29(34)33-18-5-4-17-32-20-27(28(32)21-33)24-15-13-23(14-16-24)12-11-22-7-2-1-3-8-22/h1-3,6-10,13-16,19,27-28H,4-5,17-18,20-21H2,(H,31,34)/t27-,28+/m1/s1. The van der Waals surface area contributed by atoms with Crippen molar-refractivity contribution in [2.75, 3.05) is 31.5 Å². The molecule has 0 aromatic heterocycles. The summed E-state index contributed by atoms with van der Waals surface area (Å²) in [6, 6.07) is 24.7. The van der Waals surface area contributed by atoms with Crippen molar-refractivity contribution in [3.8, 4) is 11.8 Å². The molecule has 5 heteroatoms. The molecule has 172 valence electrons. The maximum absolute atomic E-state index is 13.5. The Morgan fingerprint density at radius 2 is 1.59 bits per heavy atom. The van der Waals surface area contributed by atoms with E-state index in [2.05, 4.69) is 46.3 Å². The highest BCUT2D eigenvalue weighted by Crippen LogP contribution is 2.36. The molecule has 2 heterocycles. The Balaban J connectivity index is 1.26. The molecule has 0 spiro atoms. The van der Waals surface area contributed by atoms with Gasteiger partial charge in [0, 0.05) is 48.4 Å². The Morgan fingerprint density at radius 1 is 0.853 bits per heavy atom. The van der Waals surface area contributed by atoms with E-state index in [9.17, 15) is 9.18 Å². The topological polar surface area (TPSA) is 35.6 Å². The molecule has 2 fully saturated rings. The molecule has 0 unspecified atom stereocenters. The first-order chi connectivity index (χ1) is 16.7. The average Bonchev–Trinajstić information content (AvgIpc) is 2.83. The molecule has 0 radical (unpaired) electrons. The van der Waals surface area contributed by atoms with Crippen LogP contribution in [0.15, 0.2) is 78.9 Å². The zero-order valence-electron chi connectivity index (χ0n) is 19.1. The number of anilines is 1. The highest BCUT2D eigenvalue weighted by molar-refractivity contribution is 5.89. The molecular weight excluding hydrogens is 425 g/mol. The van der Waals surface area contributed by atoms with Gasteiger partial charge in [-0.25, -0.2) is 9.18 Å². The molecule has 0 bridgehead atoms. The van der Waals surface area contributed by atoms with Gasteiger partial charge in [0.1, 0.15) is 5.82 Å². The van der Waals surface area contributed by atoms with Crippen molar-refractivity contribution in [2.24, 2.45) is 0 Å². The summed E-state index contributed by atoms with van der Waals surface area (Å²) in [7, 11) is 0. The van der Waals surface area contributed by atoms with Crippen molar-refractivity contribution in [3.63, 3.8) is 0 Å². The lowest BCUT2D eigenvalue weighted by molar-refractivity contribution is 0.0272. The van der Waals surface area contributed by atoms with E-state index < -0.39 is 0 Å². The fourth-order valence-electron chi connectivity index (χ4n) is 4.82. The minimum atomic E-state index is -0.354. The Kier molecular flexibility index (Phi) is 6.60. The van der Waals surface area contributed by atoms with E-state index >= 15 is 0 Å². The average molecular weight is 454 g/mol. The maximum Gasteiger partial charge on any atom is 0.321 e. The molecule has 2 amide bonds. The second-order valence-corrected chi connectivity index (χ2v) is 9.00. The van der Waals surface area contributed by atoms with Crippen LogP contribution in [0.2, 0.25) is 0 Å². The van der Waals surface area contributed by atoms with E-state index in [0.29, 0.717) is 30.7 Å². The van der Waals surface area contributed by atoms with Gasteiger partial charge in [-0.05, 0) is 67.4 Å². The largest absolute Gasteiger partial charge is 0.323 e. The lowest BCUT2D eigenvalue weighted by Crippen LogP contribution is -2.61. The van der Waals surface area contributed by atoms with Gasteiger partial charge in [-0.3, -0.25) is 4.90 Å². The molecule has 2 aliphatic rings. The molecule has 34 heavy (non-hydrogen) atoms. The van der Waals surface area contributed by atoms with Crippen LogP contribution < -0.4 is 5.32 Å². The van der Waals surface area contributed by atoms with Crippen LogP contribution in [0.25, 0.3) is 0 Å². The highest BCUT2D eigenvalue weighted by Gasteiger charge is 2.41. The fourth-order valence-corrected chi connectivity index (χ4v) is 4.82. The summed E-state index contributed by atoms with van der Waals surface area (Å²) in [4.78, 5) is 17.3. The number of fused-ring (bicyclic) bond motifs is 1. The van der Waals surface area contributed by atoms with Crippen LogP contribution in [0, 0.1) is 17.7 Å². The van der Waals surface area contributed by atoms with Crippen LogP contribution in [0.5, 0.6) is 0 Å². The SMILES string of the molecule is O=C(Nc1cccc(F)c1)N1CCCCN2C[C@H](c3ccc(C#Cc4ccccc4)cc3)[C@@H]2C1. The molecule has 2 aliphatic heterocycles. The Hall–Kier alpha value is -3.62.